The van der Waals surface area contributed by atoms with Gasteiger partial charge in [0.25, 0.3) is 0 Å². The van der Waals surface area contributed by atoms with E-state index in [1.54, 1.807) is 0 Å². The van der Waals surface area contributed by atoms with Crippen LogP contribution in [0.3, 0.4) is 0 Å². The molecule has 0 aliphatic carbocycles. The molecule has 1 fully saturated rings. The Morgan fingerprint density at radius 1 is 1.22 bits per heavy atom. The smallest absolute Gasteiger partial charge is 0.224 e. The van der Waals surface area contributed by atoms with E-state index in [4.69, 9.17) is 0 Å². The molecule has 126 valence electrons. The monoisotopic (exact) mass is 317 g/mol. The lowest BCUT2D eigenvalue weighted by Crippen LogP contribution is -2.46. The summed E-state index contributed by atoms with van der Waals surface area (Å²) in [6.45, 7) is 4.65. The van der Waals surface area contributed by atoms with Gasteiger partial charge in [-0.15, -0.1) is 0 Å². The number of carbonyl (C=O) groups excluding carboxylic acids is 2. The van der Waals surface area contributed by atoms with E-state index in [9.17, 15) is 9.59 Å². The number of hydrogen-bond acceptors (Lipinski definition) is 3. The van der Waals surface area contributed by atoms with Gasteiger partial charge < -0.3 is 15.5 Å². The fraction of sp³-hybridized carbons (Fsp3) is 0.556. The largest absolute Gasteiger partial charge is 0.383 e. The van der Waals surface area contributed by atoms with E-state index >= 15 is 0 Å². The van der Waals surface area contributed by atoms with E-state index in [2.05, 4.69) is 10.6 Å². The summed E-state index contributed by atoms with van der Waals surface area (Å²) in [6.07, 6.45) is 3.22. The number of rotatable bonds is 7. The van der Waals surface area contributed by atoms with Crippen LogP contribution in [-0.2, 0) is 9.59 Å². The molecule has 2 rings (SSSR count). The Bertz CT molecular complexity index is 504. The first-order valence-electron chi connectivity index (χ1n) is 8.55. The molecule has 2 N–H and O–H groups in total. The molecule has 5 nitrogen and oxygen atoms in total. The Balaban J connectivity index is 1.69. The Labute approximate surface area is 138 Å². The molecule has 1 saturated heterocycles. The van der Waals surface area contributed by atoms with Crippen LogP contribution in [0, 0.1) is 5.92 Å². The number of anilines is 1. The number of likely N-dealkylation sites (tertiary alicyclic amines) is 1. The van der Waals surface area contributed by atoms with Crippen LogP contribution in [0.5, 0.6) is 0 Å². The maximum Gasteiger partial charge on any atom is 0.224 e. The number of hydrogen-bond donors (Lipinski definition) is 2. The third kappa shape index (κ3) is 5.58. The van der Waals surface area contributed by atoms with E-state index in [-0.39, 0.29) is 17.7 Å². The van der Waals surface area contributed by atoms with Crippen LogP contribution >= 0.6 is 0 Å². The Hall–Kier alpha value is -2.04. The van der Waals surface area contributed by atoms with Gasteiger partial charge in [-0.2, -0.15) is 0 Å². The zero-order chi connectivity index (χ0) is 16.5. The number of nitrogens with zero attached hydrogens (tertiary/aromatic N) is 1. The molecule has 1 aromatic rings. The number of benzene rings is 1. The highest BCUT2D eigenvalue weighted by atomic mass is 16.2. The fourth-order valence-corrected chi connectivity index (χ4v) is 2.88. The molecule has 1 heterocycles. The lowest BCUT2D eigenvalue weighted by Gasteiger charge is -2.32. The number of amides is 2. The summed E-state index contributed by atoms with van der Waals surface area (Å²) >= 11 is 0. The van der Waals surface area contributed by atoms with Gasteiger partial charge in [-0.25, -0.2) is 0 Å². The molecular formula is C18H27N3O2. The van der Waals surface area contributed by atoms with Crippen molar-refractivity contribution < 1.29 is 9.59 Å². The minimum Gasteiger partial charge on any atom is -0.383 e. The van der Waals surface area contributed by atoms with Crippen LogP contribution in [0.25, 0.3) is 0 Å². The predicted molar refractivity (Wildman–Crippen MR) is 92.2 cm³/mol. The van der Waals surface area contributed by atoms with Gasteiger partial charge in [-0.05, 0) is 31.4 Å². The molecule has 0 unspecified atom stereocenters. The summed E-state index contributed by atoms with van der Waals surface area (Å²) in [5.41, 5.74) is 1.05. The van der Waals surface area contributed by atoms with Crippen molar-refractivity contribution >= 4 is 17.5 Å². The van der Waals surface area contributed by atoms with Gasteiger partial charge in [-0.1, -0.05) is 25.1 Å². The summed E-state index contributed by atoms with van der Waals surface area (Å²) < 4.78 is 0. The Morgan fingerprint density at radius 2 is 2.00 bits per heavy atom. The number of para-hydroxylation sites is 1. The molecular weight excluding hydrogens is 290 g/mol. The molecule has 0 radical (unpaired) electrons. The van der Waals surface area contributed by atoms with Crippen molar-refractivity contribution in [1.29, 1.82) is 0 Å². The molecule has 5 heteroatoms. The number of carbonyl (C=O) groups is 2. The first-order chi connectivity index (χ1) is 11.2. The van der Waals surface area contributed by atoms with Crippen molar-refractivity contribution in [2.24, 2.45) is 5.92 Å². The third-order valence-corrected chi connectivity index (χ3v) is 4.14. The highest BCUT2D eigenvalue weighted by molar-refractivity contribution is 5.81. The molecule has 0 aromatic heterocycles. The van der Waals surface area contributed by atoms with E-state index in [0.717, 1.165) is 31.5 Å². The molecule has 0 bridgehead atoms. The van der Waals surface area contributed by atoms with Crippen LogP contribution in [0.15, 0.2) is 30.3 Å². The van der Waals surface area contributed by atoms with Crippen molar-refractivity contribution in [3.8, 4) is 0 Å². The molecule has 1 aliphatic heterocycles. The van der Waals surface area contributed by atoms with E-state index < -0.39 is 0 Å². The summed E-state index contributed by atoms with van der Waals surface area (Å²) in [7, 11) is 0. The van der Waals surface area contributed by atoms with Gasteiger partial charge in [0, 0.05) is 38.3 Å². The van der Waals surface area contributed by atoms with Gasteiger partial charge in [0.2, 0.25) is 11.8 Å². The molecule has 1 atom stereocenters. The van der Waals surface area contributed by atoms with Gasteiger partial charge in [0.05, 0.1) is 5.92 Å². The van der Waals surface area contributed by atoms with Crippen molar-refractivity contribution in [3.63, 3.8) is 0 Å². The van der Waals surface area contributed by atoms with Crippen LogP contribution in [-0.4, -0.2) is 42.9 Å². The average Bonchev–Trinajstić information content (AvgIpc) is 2.60. The molecule has 1 aliphatic rings. The van der Waals surface area contributed by atoms with Crippen molar-refractivity contribution in [1.82, 2.24) is 10.2 Å². The molecule has 0 saturated carbocycles. The van der Waals surface area contributed by atoms with Gasteiger partial charge in [-0.3, -0.25) is 9.59 Å². The standard InChI is InChI=1S/C18H27N3O2/c1-2-7-17(22)21-13-6-8-15(14-21)18(23)20-12-11-19-16-9-4-3-5-10-16/h3-5,9-10,15,19H,2,6-8,11-14H2,1H3,(H,20,23)/t15-/m1/s1. The number of piperidine rings is 1. The summed E-state index contributed by atoms with van der Waals surface area (Å²) in [5.74, 6) is 0.172. The first kappa shape index (κ1) is 17.3. The van der Waals surface area contributed by atoms with Gasteiger partial charge >= 0.3 is 0 Å². The maximum atomic E-state index is 12.3. The van der Waals surface area contributed by atoms with E-state index in [1.165, 1.54) is 0 Å². The Morgan fingerprint density at radius 3 is 2.74 bits per heavy atom. The van der Waals surface area contributed by atoms with Crippen LogP contribution in [0.2, 0.25) is 0 Å². The van der Waals surface area contributed by atoms with Crippen molar-refractivity contribution in [2.45, 2.75) is 32.6 Å². The van der Waals surface area contributed by atoms with Gasteiger partial charge in [0.15, 0.2) is 0 Å². The zero-order valence-electron chi connectivity index (χ0n) is 13.9. The average molecular weight is 317 g/mol. The minimum atomic E-state index is -0.0683. The second-order valence-electron chi connectivity index (χ2n) is 6.01. The van der Waals surface area contributed by atoms with Crippen LogP contribution in [0.1, 0.15) is 32.6 Å². The first-order valence-corrected chi connectivity index (χ1v) is 8.55. The lowest BCUT2D eigenvalue weighted by atomic mass is 9.97. The van der Waals surface area contributed by atoms with Crippen molar-refractivity contribution in [3.05, 3.63) is 30.3 Å². The van der Waals surface area contributed by atoms with Crippen LogP contribution < -0.4 is 10.6 Å². The molecule has 2 amide bonds. The Kier molecular flexibility index (Phi) is 6.91. The molecule has 1 aromatic carbocycles. The zero-order valence-corrected chi connectivity index (χ0v) is 13.9. The second kappa shape index (κ2) is 9.18. The minimum absolute atomic E-state index is 0.0638. The van der Waals surface area contributed by atoms with Crippen molar-refractivity contribution in [2.75, 3.05) is 31.5 Å². The number of nitrogens with one attached hydrogen (secondary N) is 2. The maximum absolute atomic E-state index is 12.3. The lowest BCUT2D eigenvalue weighted by molar-refractivity contribution is -0.135. The SMILES string of the molecule is CCCC(=O)N1CCC[C@@H](C(=O)NCCNc2ccccc2)C1. The summed E-state index contributed by atoms with van der Waals surface area (Å²) in [6, 6.07) is 9.93. The molecule has 23 heavy (non-hydrogen) atoms. The third-order valence-electron chi connectivity index (χ3n) is 4.14. The quantitative estimate of drug-likeness (QED) is 0.758. The second-order valence-corrected chi connectivity index (χ2v) is 6.01. The fourth-order valence-electron chi connectivity index (χ4n) is 2.88. The summed E-state index contributed by atoms with van der Waals surface area (Å²) in [5, 5.41) is 6.24. The highest BCUT2D eigenvalue weighted by Crippen LogP contribution is 2.17. The summed E-state index contributed by atoms with van der Waals surface area (Å²) in [4.78, 5) is 26.1. The van der Waals surface area contributed by atoms with Gasteiger partial charge in [0.1, 0.15) is 0 Å². The molecule has 0 spiro atoms. The van der Waals surface area contributed by atoms with E-state index in [1.807, 2.05) is 42.2 Å². The topological polar surface area (TPSA) is 61.4 Å². The highest BCUT2D eigenvalue weighted by Gasteiger charge is 2.27. The van der Waals surface area contributed by atoms with E-state index in [0.29, 0.717) is 26.1 Å². The van der Waals surface area contributed by atoms with Crippen LogP contribution in [0.4, 0.5) is 5.69 Å². The predicted octanol–water partition coefficient (Wildman–Crippen LogP) is 2.25. The normalized spacial score (nSPS) is 17.6.